The Labute approximate surface area is 190 Å². The van der Waals surface area contributed by atoms with Gasteiger partial charge in [-0.15, -0.1) is 0 Å². The first-order valence-electron chi connectivity index (χ1n) is 11.5. The molecule has 2 N–H and O–H groups in total. The van der Waals surface area contributed by atoms with Crippen LogP contribution >= 0.6 is 12.2 Å². The molecule has 0 amide bonds. The van der Waals surface area contributed by atoms with Crippen molar-refractivity contribution in [3.05, 3.63) is 36.2 Å². The Balaban J connectivity index is 1.51. The highest BCUT2D eigenvalue weighted by Gasteiger charge is 2.21. The zero-order valence-electron chi connectivity index (χ0n) is 18.4. The second-order valence-corrected chi connectivity index (χ2v) is 9.08. The van der Waals surface area contributed by atoms with Gasteiger partial charge in [-0.2, -0.15) is 9.97 Å². The summed E-state index contributed by atoms with van der Waals surface area (Å²) >= 11 is 5.53. The van der Waals surface area contributed by atoms with Crippen molar-refractivity contribution in [1.29, 1.82) is 0 Å². The molecule has 8 heteroatoms. The number of hydrogen-bond acceptors (Lipinski definition) is 6. The molecular weight excluding hydrogens is 406 g/mol. The topological polar surface area (TPSA) is 69.2 Å². The number of rotatable bonds is 5. The van der Waals surface area contributed by atoms with Crippen LogP contribution in [0.3, 0.4) is 0 Å². The summed E-state index contributed by atoms with van der Waals surface area (Å²) in [6, 6.07) is 6.11. The normalized spacial score (nSPS) is 19.6. The van der Waals surface area contributed by atoms with Crippen molar-refractivity contribution >= 4 is 34.9 Å². The lowest BCUT2D eigenvalue weighted by Gasteiger charge is -2.33. The van der Waals surface area contributed by atoms with E-state index in [4.69, 9.17) is 22.2 Å². The van der Waals surface area contributed by atoms with Crippen LogP contribution < -0.4 is 20.4 Å². The van der Waals surface area contributed by atoms with E-state index < -0.39 is 0 Å². The number of anilines is 3. The van der Waals surface area contributed by atoms with Crippen molar-refractivity contribution in [2.24, 2.45) is 5.92 Å². The lowest BCUT2D eigenvalue weighted by Crippen LogP contribution is -2.36. The first-order chi connectivity index (χ1) is 15.2. The predicted molar refractivity (Wildman–Crippen MR) is 131 cm³/mol. The summed E-state index contributed by atoms with van der Waals surface area (Å²) < 4.78 is 0. The van der Waals surface area contributed by atoms with Crippen LogP contribution in [0, 0.1) is 5.92 Å². The number of hydrogen-bond donors (Lipinski definition) is 2. The van der Waals surface area contributed by atoms with E-state index in [1.54, 1.807) is 6.20 Å². The standard InChI is InChI=1S/C23H33N7S/c1-18-8-7-13-30(17-18)21-14-20(29-11-4-2-3-5-12-29)26-22(27-21)28-23(31)25-16-19-9-6-10-24-15-19/h6,9-10,14-15,18H,2-5,7-8,11-13,16-17H2,1H3,(H2,25,26,27,28,31). The Bertz CT molecular complexity index is 832. The summed E-state index contributed by atoms with van der Waals surface area (Å²) in [7, 11) is 0. The average molecular weight is 440 g/mol. The fourth-order valence-electron chi connectivity index (χ4n) is 4.33. The van der Waals surface area contributed by atoms with Gasteiger partial charge in [0, 0.05) is 51.2 Å². The molecule has 4 heterocycles. The van der Waals surface area contributed by atoms with Gasteiger partial charge >= 0.3 is 0 Å². The number of nitrogens with zero attached hydrogens (tertiary/aromatic N) is 5. The van der Waals surface area contributed by atoms with Crippen LogP contribution in [-0.2, 0) is 6.54 Å². The maximum Gasteiger partial charge on any atom is 0.232 e. The third-order valence-corrected chi connectivity index (χ3v) is 6.26. The summed E-state index contributed by atoms with van der Waals surface area (Å²) in [6.45, 7) is 7.12. The lowest BCUT2D eigenvalue weighted by molar-refractivity contribution is 0.444. The monoisotopic (exact) mass is 439 g/mol. The van der Waals surface area contributed by atoms with Crippen LogP contribution in [0.25, 0.3) is 0 Å². The summed E-state index contributed by atoms with van der Waals surface area (Å²) in [5.74, 6) is 3.25. The second-order valence-electron chi connectivity index (χ2n) is 8.67. The molecule has 2 aliphatic rings. The Morgan fingerprint density at radius 3 is 2.52 bits per heavy atom. The van der Waals surface area contributed by atoms with Crippen LogP contribution in [0.1, 0.15) is 51.0 Å². The average Bonchev–Trinajstić information content (AvgIpc) is 3.08. The summed E-state index contributed by atoms with van der Waals surface area (Å²) in [4.78, 5) is 18.6. The lowest BCUT2D eigenvalue weighted by atomic mass is 10.0. The van der Waals surface area contributed by atoms with E-state index in [9.17, 15) is 0 Å². The third-order valence-electron chi connectivity index (χ3n) is 6.01. The molecule has 0 saturated carbocycles. The van der Waals surface area contributed by atoms with E-state index in [1.807, 2.05) is 18.3 Å². The molecule has 166 valence electrons. The molecule has 0 bridgehead atoms. The van der Waals surface area contributed by atoms with Gasteiger partial charge in [0.25, 0.3) is 0 Å². The molecular formula is C23H33N7S. The van der Waals surface area contributed by atoms with Crippen molar-refractivity contribution in [1.82, 2.24) is 20.3 Å². The molecule has 2 fully saturated rings. The molecule has 2 aromatic rings. The molecule has 31 heavy (non-hydrogen) atoms. The minimum atomic E-state index is 0.523. The van der Waals surface area contributed by atoms with E-state index in [-0.39, 0.29) is 0 Å². The predicted octanol–water partition coefficient (Wildman–Crippen LogP) is 3.97. The van der Waals surface area contributed by atoms with Crippen molar-refractivity contribution in [2.45, 2.75) is 52.0 Å². The van der Waals surface area contributed by atoms with Crippen molar-refractivity contribution in [2.75, 3.05) is 41.3 Å². The maximum atomic E-state index is 5.53. The maximum absolute atomic E-state index is 5.53. The highest BCUT2D eigenvalue weighted by atomic mass is 32.1. The third kappa shape index (κ3) is 6.26. The Morgan fingerprint density at radius 2 is 1.81 bits per heavy atom. The number of thiocarbonyl (C=S) groups is 1. The zero-order chi connectivity index (χ0) is 21.5. The van der Waals surface area contributed by atoms with Crippen LogP contribution in [0.5, 0.6) is 0 Å². The van der Waals surface area contributed by atoms with E-state index >= 15 is 0 Å². The summed E-state index contributed by atoms with van der Waals surface area (Å²) in [6.07, 6.45) is 11.1. The fraction of sp³-hybridized carbons (Fsp3) is 0.565. The highest BCUT2D eigenvalue weighted by Crippen LogP contribution is 2.27. The van der Waals surface area contributed by atoms with Crippen LogP contribution in [0.15, 0.2) is 30.6 Å². The largest absolute Gasteiger partial charge is 0.358 e. The van der Waals surface area contributed by atoms with Gasteiger partial charge in [0.1, 0.15) is 11.6 Å². The molecule has 0 spiro atoms. The molecule has 0 radical (unpaired) electrons. The van der Waals surface area contributed by atoms with Crippen LogP contribution in [0.2, 0.25) is 0 Å². The van der Waals surface area contributed by atoms with Gasteiger partial charge in [-0.1, -0.05) is 25.8 Å². The quantitative estimate of drug-likeness (QED) is 0.678. The van der Waals surface area contributed by atoms with Crippen LogP contribution in [0.4, 0.5) is 17.6 Å². The van der Waals surface area contributed by atoms with E-state index in [2.05, 4.69) is 38.4 Å². The number of pyridine rings is 1. The van der Waals surface area contributed by atoms with E-state index in [0.29, 0.717) is 23.5 Å². The summed E-state index contributed by atoms with van der Waals surface area (Å²) in [5.41, 5.74) is 1.08. The van der Waals surface area contributed by atoms with Gasteiger partial charge in [-0.3, -0.25) is 4.98 Å². The number of piperidine rings is 1. The molecule has 4 rings (SSSR count). The number of aromatic nitrogens is 3. The zero-order valence-corrected chi connectivity index (χ0v) is 19.2. The van der Waals surface area contributed by atoms with Gasteiger partial charge in [0.2, 0.25) is 5.95 Å². The first-order valence-corrected chi connectivity index (χ1v) is 11.9. The van der Waals surface area contributed by atoms with Gasteiger partial charge in [0.05, 0.1) is 0 Å². The fourth-order valence-corrected chi connectivity index (χ4v) is 4.49. The van der Waals surface area contributed by atoms with Crippen molar-refractivity contribution in [3.63, 3.8) is 0 Å². The van der Waals surface area contributed by atoms with E-state index in [1.165, 1.54) is 38.5 Å². The van der Waals surface area contributed by atoms with Gasteiger partial charge in [-0.05, 0) is 55.4 Å². The molecule has 2 saturated heterocycles. The van der Waals surface area contributed by atoms with Crippen molar-refractivity contribution < 1.29 is 0 Å². The summed E-state index contributed by atoms with van der Waals surface area (Å²) in [5, 5.41) is 6.98. The smallest absolute Gasteiger partial charge is 0.232 e. The van der Waals surface area contributed by atoms with Crippen LogP contribution in [-0.4, -0.2) is 46.2 Å². The van der Waals surface area contributed by atoms with Gasteiger partial charge in [0.15, 0.2) is 5.11 Å². The van der Waals surface area contributed by atoms with E-state index in [0.717, 1.165) is 43.4 Å². The number of nitrogens with one attached hydrogen (secondary N) is 2. The van der Waals surface area contributed by atoms with Crippen molar-refractivity contribution in [3.8, 4) is 0 Å². The molecule has 7 nitrogen and oxygen atoms in total. The molecule has 0 aliphatic carbocycles. The Morgan fingerprint density at radius 1 is 1.06 bits per heavy atom. The highest BCUT2D eigenvalue weighted by molar-refractivity contribution is 7.80. The molecule has 1 atom stereocenters. The minimum Gasteiger partial charge on any atom is -0.358 e. The molecule has 2 aromatic heterocycles. The molecule has 2 aliphatic heterocycles. The van der Waals surface area contributed by atoms with Gasteiger partial charge in [-0.25, -0.2) is 0 Å². The Kier molecular flexibility index (Phi) is 7.51. The SMILES string of the molecule is CC1CCCN(c2cc(N3CCCCCC3)nc(NC(=S)NCc3cccnc3)n2)C1. The molecule has 0 aromatic carbocycles. The Hall–Kier alpha value is -2.48. The minimum absolute atomic E-state index is 0.523. The first kappa shape index (κ1) is 21.7. The molecule has 1 unspecified atom stereocenters. The second kappa shape index (κ2) is 10.7. The van der Waals surface area contributed by atoms with Gasteiger partial charge < -0.3 is 20.4 Å².